The van der Waals surface area contributed by atoms with Gasteiger partial charge >= 0.3 is 0 Å². The molecule has 116 valence electrons. The fourth-order valence-electron chi connectivity index (χ4n) is 2.98. The second kappa shape index (κ2) is 5.52. The molecule has 1 fully saturated rings. The first-order valence-electron chi connectivity index (χ1n) is 6.48. The number of benzene rings is 1. The molecule has 3 atom stereocenters. The predicted octanol–water partition coefficient (Wildman–Crippen LogP) is 5.04. The molecule has 1 aliphatic rings. The fourth-order valence-corrected chi connectivity index (χ4v) is 3.13. The number of hydrogen-bond donors (Lipinski definition) is 0. The molecule has 0 bridgehead atoms. The Morgan fingerprint density at radius 2 is 1.71 bits per heavy atom. The lowest BCUT2D eigenvalue weighted by atomic mass is 10.1. The maximum atomic E-state index is 13.6. The van der Waals surface area contributed by atoms with E-state index in [1.807, 2.05) is 13.8 Å². The topological polar surface area (TPSA) is 9.23 Å². The van der Waals surface area contributed by atoms with Crippen LogP contribution < -0.4 is 4.74 Å². The Hall–Kier alpha value is -1.23. The van der Waals surface area contributed by atoms with Crippen LogP contribution in [-0.4, -0.2) is 6.10 Å². The van der Waals surface area contributed by atoms with Gasteiger partial charge in [-0.15, -0.1) is 0 Å². The van der Waals surface area contributed by atoms with Crippen LogP contribution in [0.3, 0.4) is 0 Å². The lowest BCUT2D eigenvalue weighted by Crippen LogP contribution is -2.20. The third-order valence-electron chi connectivity index (χ3n) is 4.16. The summed E-state index contributed by atoms with van der Waals surface area (Å²) >= 11 is 5.55. The van der Waals surface area contributed by atoms with Gasteiger partial charge in [-0.05, 0) is 18.3 Å². The maximum Gasteiger partial charge on any atom is 0.203 e. The van der Waals surface area contributed by atoms with Gasteiger partial charge in [-0.25, -0.2) is 8.78 Å². The van der Waals surface area contributed by atoms with E-state index in [2.05, 4.69) is 0 Å². The van der Waals surface area contributed by atoms with Gasteiger partial charge in [0, 0.05) is 17.5 Å². The van der Waals surface area contributed by atoms with Crippen LogP contribution in [0.15, 0.2) is 17.7 Å². The van der Waals surface area contributed by atoms with Crippen LogP contribution in [0.4, 0.5) is 17.6 Å². The monoisotopic (exact) mass is 322 g/mol. The molecule has 0 radical (unpaired) electrons. The number of rotatable bonds is 4. The Morgan fingerprint density at radius 1 is 1.19 bits per heavy atom. The summed E-state index contributed by atoms with van der Waals surface area (Å²) in [6.07, 6.45) is 1.15. The van der Waals surface area contributed by atoms with E-state index in [0.717, 1.165) is 0 Å². The van der Waals surface area contributed by atoms with Crippen LogP contribution in [0.2, 0.25) is 0 Å². The van der Waals surface area contributed by atoms with E-state index in [1.54, 1.807) is 13.0 Å². The minimum absolute atomic E-state index is 0.0578. The van der Waals surface area contributed by atoms with Gasteiger partial charge in [0.2, 0.25) is 11.6 Å². The minimum atomic E-state index is -1.52. The van der Waals surface area contributed by atoms with Crippen LogP contribution in [-0.2, 0) is 0 Å². The first kappa shape index (κ1) is 16.1. The van der Waals surface area contributed by atoms with Crippen LogP contribution in [0.5, 0.6) is 5.75 Å². The Kier molecular flexibility index (Phi) is 4.24. The molecule has 0 aromatic heterocycles. The van der Waals surface area contributed by atoms with Gasteiger partial charge in [0.15, 0.2) is 17.4 Å². The van der Waals surface area contributed by atoms with E-state index in [-0.39, 0.29) is 23.3 Å². The highest BCUT2D eigenvalue weighted by Gasteiger charge is 2.59. The standard InChI is InChI=1S/C15H15ClF4O/c1-7(11-8(4-5-16)15(11,2)3)21-14-12(19)9(17)6-10(18)13(14)20/h4-8,11H,1-3H3/b5-4-/t7?,8-,11-/m0/s1. The molecule has 0 spiro atoms. The van der Waals surface area contributed by atoms with E-state index < -0.39 is 35.1 Å². The van der Waals surface area contributed by atoms with E-state index >= 15 is 0 Å². The molecule has 0 heterocycles. The molecule has 21 heavy (non-hydrogen) atoms. The van der Waals surface area contributed by atoms with Gasteiger partial charge in [0.1, 0.15) is 6.10 Å². The van der Waals surface area contributed by atoms with Crippen molar-refractivity contribution >= 4 is 11.6 Å². The average Bonchev–Trinajstić information content (AvgIpc) is 2.94. The van der Waals surface area contributed by atoms with Crippen molar-refractivity contribution in [1.82, 2.24) is 0 Å². The Bertz CT molecular complexity index is 559. The van der Waals surface area contributed by atoms with Gasteiger partial charge in [-0.1, -0.05) is 31.5 Å². The third-order valence-corrected chi connectivity index (χ3v) is 4.30. The molecule has 0 N–H and O–H groups in total. The van der Waals surface area contributed by atoms with Crippen molar-refractivity contribution in [1.29, 1.82) is 0 Å². The Labute approximate surface area is 125 Å². The largest absolute Gasteiger partial charge is 0.484 e. The second-order valence-corrected chi connectivity index (χ2v) is 6.06. The summed E-state index contributed by atoms with van der Waals surface area (Å²) in [5, 5.41) is 0. The fraction of sp³-hybridized carbons (Fsp3) is 0.467. The smallest absolute Gasteiger partial charge is 0.203 e. The molecule has 1 aromatic carbocycles. The molecule has 0 aliphatic heterocycles. The number of allylic oxidation sites excluding steroid dienone is 1. The van der Waals surface area contributed by atoms with E-state index in [4.69, 9.17) is 16.3 Å². The molecular weight excluding hydrogens is 308 g/mol. The van der Waals surface area contributed by atoms with Crippen LogP contribution in [0.25, 0.3) is 0 Å². The van der Waals surface area contributed by atoms with E-state index in [9.17, 15) is 17.6 Å². The minimum Gasteiger partial charge on any atom is -0.484 e. The highest BCUT2D eigenvalue weighted by molar-refractivity contribution is 6.25. The zero-order valence-corrected chi connectivity index (χ0v) is 12.5. The Morgan fingerprint density at radius 3 is 2.19 bits per heavy atom. The summed E-state index contributed by atoms with van der Waals surface area (Å²) in [4.78, 5) is 0. The van der Waals surface area contributed by atoms with Gasteiger partial charge < -0.3 is 4.74 Å². The van der Waals surface area contributed by atoms with Crippen molar-refractivity contribution < 1.29 is 22.3 Å². The number of halogens is 5. The summed E-state index contributed by atoms with van der Waals surface area (Å²) in [6, 6.07) is 0.155. The van der Waals surface area contributed by atoms with Crippen molar-refractivity contribution in [2.24, 2.45) is 17.3 Å². The van der Waals surface area contributed by atoms with Crippen molar-refractivity contribution in [2.75, 3.05) is 0 Å². The molecule has 1 aliphatic carbocycles. The molecule has 1 aromatic rings. The van der Waals surface area contributed by atoms with Crippen LogP contribution >= 0.6 is 11.6 Å². The van der Waals surface area contributed by atoms with Crippen LogP contribution in [0.1, 0.15) is 20.8 Å². The summed E-state index contributed by atoms with van der Waals surface area (Å²) in [5.74, 6) is -7.01. The Balaban J connectivity index is 2.24. The summed E-state index contributed by atoms with van der Waals surface area (Å²) in [5.41, 5.74) is 1.21. The molecule has 1 nitrogen and oxygen atoms in total. The van der Waals surface area contributed by atoms with Crippen LogP contribution in [0, 0.1) is 40.5 Å². The second-order valence-electron chi connectivity index (χ2n) is 5.81. The molecule has 1 saturated carbocycles. The van der Waals surface area contributed by atoms with Crippen molar-refractivity contribution in [3.63, 3.8) is 0 Å². The highest BCUT2D eigenvalue weighted by atomic mass is 35.5. The summed E-state index contributed by atoms with van der Waals surface area (Å²) in [7, 11) is 0. The third kappa shape index (κ3) is 2.76. The highest BCUT2D eigenvalue weighted by Crippen LogP contribution is 2.61. The van der Waals surface area contributed by atoms with Crippen molar-refractivity contribution in [2.45, 2.75) is 26.9 Å². The SMILES string of the molecule is CC(Oc1c(F)c(F)cc(F)c1F)[C@H]1[C@H](/C=C\Cl)C1(C)C. The molecule has 0 amide bonds. The van der Waals surface area contributed by atoms with Crippen molar-refractivity contribution in [3.8, 4) is 5.75 Å². The molecule has 1 unspecified atom stereocenters. The van der Waals surface area contributed by atoms with E-state index in [1.165, 1.54) is 5.54 Å². The average molecular weight is 323 g/mol. The van der Waals surface area contributed by atoms with E-state index in [0.29, 0.717) is 0 Å². The number of hydrogen-bond acceptors (Lipinski definition) is 1. The summed E-state index contributed by atoms with van der Waals surface area (Å²) < 4.78 is 58.6. The van der Waals surface area contributed by atoms with Gasteiger partial charge in [-0.2, -0.15) is 8.78 Å². The first-order chi connectivity index (χ1) is 9.71. The molecule has 2 rings (SSSR count). The quantitative estimate of drug-likeness (QED) is 0.557. The zero-order chi connectivity index (χ0) is 15.9. The predicted molar refractivity (Wildman–Crippen MR) is 72.1 cm³/mol. The normalized spacial score (nSPS) is 25.1. The zero-order valence-electron chi connectivity index (χ0n) is 11.8. The van der Waals surface area contributed by atoms with Gasteiger partial charge in [-0.3, -0.25) is 0 Å². The number of ether oxygens (including phenoxy) is 1. The molecule has 0 saturated heterocycles. The molecule has 6 heteroatoms. The first-order valence-corrected chi connectivity index (χ1v) is 6.92. The van der Waals surface area contributed by atoms with Gasteiger partial charge in [0.25, 0.3) is 0 Å². The lowest BCUT2D eigenvalue weighted by Gasteiger charge is -2.17. The molecular formula is C15H15ClF4O. The van der Waals surface area contributed by atoms with Gasteiger partial charge in [0.05, 0.1) is 0 Å². The van der Waals surface area contributed by atoms with Crippen molar-refractivity contribution in [3.05, 3.63) is 40.9 Å². The lowest BCUT2D eigenvalue weighted by molar-refractivity contribution is 0.160. The maximum absolute atomic E-state index is 13.6. The summed E-state index contributed by atoms with van der Waals surface area (Å²) in [6.45, 7) is 5.52.